The first-order valence-corrected chi connectivity index (χ1v) is 10.4. The third-order valence-corrected chi connectivity index (χ3v) is 5.16. The highest BCUT2D eigenvalue weighted by molar-refractivity contribution is 14.0. The van der Waals surface area contributed by atoms with Gasteiger partial charge < -0.3 is 15.2 Å². The summed E-state index contributed by atoms with van der Waals surface area (Å²) < 4.78 is 2.29. The number of rotatable bonds is 10. The van der Waals surface area contributed by atoms with Crippen molar-refractivity contribution in [2.75, 3.05) is 32.7 Å². The van der Waals surface area contributed by atoms with Crippen molar-refractivity contribution in [3.63, 3.8) is 0 Å². The third kappa shape index (κ3) is 6.34. The summed E-state index contributed by atoms with van der Waals surface area (Å²) in [7, 11) is 0. The molecule has 1 saturated carbocycles. The van der Waals surface area contributed by atoms with Gasteiger partial charge in [0.25, 0.3) is 0 Å². The van der Waals surface area contributed by atoms with Gasteiger partial charge in [-0.05, 0) is 51.8 Å². The van der Waals surface area contributed by atoms with Crippen LogP contribution in [0.3, 0.4) is 0 Å². The largest absolute Gasteiger partial charge is 0.357 e. The quantitative estimate of drug-likeness (QED) is 0.228. The SMILES string of the molecule is CCNC(=NCCCn1c(C)nc2ccccc21)NCCN(CC)C1CC1.I. The van der Waals surface area contributed by atoms with Crippen LogP contribution in [0.2, 0.25) is 0 Å². The Hall–Kier alpha value is -1.35. The van der Waals surface area contributed by atoms with Crippen molar-refractivity contribution in [1.29, 1.82) is 0 Å². The molecule has 1 aliphatic carbocycles. The van der Waals surface area contributed by atoms with Gasteiger partial charge >= 0.3 is 0 Å². The molecule has 6 nitrogen and oxygen atoms in total. The predicted octanol–water partition coefficient (Wildman–Crippen LogP) is 3.39. The minimum atomic E-state index is 0. The molecule has 0 atom stereocenters. The second-order valence-corrected chi connectivity index (χ2v) is 7.20. The van der Waals surface area contributed by atoms with Crippen LogP contribution in [0.5, 0.6) is 0 Å². The van der Waals surface area contributed by atoms with Gasteiger partial charge in [-0.15, -0.1) is 24.0 Å². The zero-order valence-electron chi connectivity index (χ0n) is 17.4. The molecular formula is C21H35IN6. The Morgan fingerprint density at radius 3 is 2.75 bits per heavy atom. The van der Waals surface area contributed by atoms with Gasteiger partial charge in [0.2, 0.25) is 0 Å². The average molecular weight is 498 g/mol. The molecule has 2 aromatic rings. The number of aliphatic imine (C=N–C) groups is 1. The minimum absolute atomic E-state index is 0. The van der Waals surface area contributed by atoms with Crippen LogP contribution in [-0.4, -0.2) is 59.2 Å². The van der Waals surface area contributed by atoms with Gasteiger partial charge in [0.1, 0.15) is 5.82 Å². The molecule has 3 rings (SSSR count). The van der Waals surface area contributed by atoms with Crippen LogP contribution in [0.25, 0.3) is 11.0 Å². The first-order chi connectivity index (χ1) is 13.2. The maximum atomic E-state index is 4.75. The maximum absolute atomic E-state index is 4.75. The number of guanidine groups is 1. The highest BCUT2D eigenvalue weighted by Crippen LogP contribution is 2.25. The topological polar surface area (TPSA) is 57.5 Å². The lowest BCUT2D eigenvalue weighted by atomic mass is 10.3. The fourth-order valence-corrected chi connectivity index (χ4v) is 3.60. The normalized spacial score (nSPS) is 14.4. The summed E-state index contributed by atoms with van der Waals surface area (Å²) in [5.74, 6) is 2.00. The highest BCUT2D eigenvalue weighted by atomic mass is 127. The summed E-state index contributed by atoms with van der Waals surface area (Å²) in [6, 6.07) is 9.16. The molecule has 0 unspecified atom stereocenters. The number of hydrogen-bond acceptors (Lipinski definition) is 3. The van der Waals surface area contributed by atoms with Crippen LogP contribution in [0.4, 0.5) is 0 Å². The molecule has 7 heteroatoms. The van der Waals surface area contributed by atoms with Gasteiger partial charge in [-0.3, -0.25) is 9.89 Å². The van der Waals surface area contributed by atoms with Crippen LogP contribution >= 0.6 is 24.0 Å². The Morgan fingerprint density at radius 1 is 1.25 bits per heavy atom. The van der Waals surface area contributed by atoms with E-state index in [4.69, 9.17) is 4.99 Å². The van der Waals surface area contributed by atoms with E-state index in [0.717, 1.165) is 69.0 Å². The second kappa shape index (κ2) is 11.6. The van der Waals surface area contributed by atoms with Gasteiger partial charge in [-0.2, -0.15) is 0 Å². The van der Waals surface area contributed by atoms with Crippen LogP contribution in [0, 0.1) is 6.92 Å². The molecule has 0 aliphatic heterocycles. The van der Waals surface area contributed by atoms with Crippen molar-refractivity contribution in [2.24, 2.45) is 4.99 Å². The average Bonchev–Trinajstić information content (AvgIpc) is 3.46. The lowest BCUT2D eigenvalue weighted by molar-refractivity contribution is 0.282. The van der Waals surface area contributed by atoms with Crippen molar-refractivity contribution >= 4 is 41.0 Å². The second-order valence-electron chi connectivity index (χ2n) is 7.20. The number of aryl methyl sites for hydroxylation is 2. The van der Waals surface area contributed by atoms with Crippen molar-refractivity contribution in [1.82, 2.24) is 25.1 Å². The number of nitrogens with one attached hydrogen (secondary N) is 2. The Kier molecular flexibility index (Phi) is 9.50. The van der Waals surface area contributed by atoms with Crippen molar-refractivity contribution < 1.29 is 0 Å². The zero-order chi connectivity index (χ0) is 19.1. The van der Waals surface area contributed by atoms with E-state index >= 15 is 0 Å². The number of halogens is 1. The van der Waals surface area contributed by atoms with Gasteiger partial charge in [0.15, 0.2) is 5.96 Å². The van der Waals surface area contributed by atoms with Gasteiger partial charge in [0, 0.05) is 38.8 Å². The lowest BCUT2D eigenvalue weighted by Gasteiger charge is -2.20. The molecule has 0 amide bonds. The molecule has 156 valence electrons. The Morgan fingerprint density at radius 2 is 2.04 bits per heavy atom. The zero-order valence-corrected chi connectivity index (χ0v) is 19.8. The van der Waals surface area contributed by atoms with E-state index in [1.807, 2.05) is 6.07 Å². The van der Waals surface area contributed by atoms with E-state index in [0.29, 0.717) is 0 Å². The number of hydrogen-bond donors (Lipinski definition) is 2. The Balaban J connectivity index is 0.00000280. The summed E-state index contributed by atoms with van der Waals surface area (Å²) in [5.41, 5.74) is 2.29. The molecule has 0 bridgehead atoms. The minimum Gasteiger partial charge on any atom is -0.357 e. The molecule has 0 radical (unpaired) electrons. The Bertz CT molecular complexity index is 752. The maximum Gasteiger partial charge on any atom is 0.191 e. The van der Waals surface area contributed by atoms with E-state index in [-0.39, 0.29) is 24.0 Å². The van der Waals surface area contributed by atoms with E-state index in [2.05, 4.69) is 64.1 Å². The number of aromatic nitrogens is 2. The first kappa shape index (κ1) is 22.9. The molecule has 1 aromatic carbocycles. The molecule has 0 saturated heterocycles. The predicted molar refractivity (Wildman–Crippen MR) is 129 cm³/mol. The molecule has 1 aromatic heterocycles. The Labute approximate surface area is 186 Å². The third-order valence-electron chi connectivity index (χ3n) is 5.16. The number of para-hydroxylation sites is 2. The summed E-state index contributed by atoms with van der Waals surface area (Å²) >= 11 is 0. The van der Waals surface area contributed by atoms with E-state index in [1.165, 1.54) is 18.4 Å². The number of nitrogens with zero attached hydrogens (tertiary/aromatic N) is 4. The molecule has 1 fully saturated rings. The van der Waals surface area contributed by atoms with E-state index in [9.17, 15) is 0 Å². The number of fused-ring (bicyclic) bond motifs is 1. The smallest absolute Gasteiger partial charge is 0.191 e. The number of imidazole rings is 1. The van der Waals surface area contributed by atoms with Crippen molar-refractivity contribution in [2.45, 2.75) is 52.6 Å². The van der Waals surface area contributed by atoms with Crippen LogP contribution < -0.4 is 10.6 Å². The molecule has 1 heterocycles. The van der Waals surface area contributed by atoms with Gasteiger partial charge in [-0.25, -0.2) is 4.98 Å². The number of likely N-dealkylation sites (N-methyl/N-ethyl adjacent to an activating group) is 1. The fourth-order valence-electron chi connectivity index (χ4n) is 3.60. The molecule has 2 N–H and O–H groups in total. The van der Waals surface area contributed by atoms with E-state index < -0.39 is 0 Å². The molecule has 1 aliphatic rings. The first-order valence-electron chi connectivity index (χ1n) is 10.4. The van der Waals surface area contributed by atoms with Crippen LogP contribution in [0.1, 0.15) is 38.9 Å². The van der Waals surface area contributed by atoms with Gasteiger partial charge in [0.05, 0.1) is 11.0 Å². The summed E-state index contributed by atoms with van der Waals surface area (Å²) in [6.07, 6.45) is 3.73. The standard InChI is InChI=1S/C21H34N6.HI/c1-4-22-21(24-14-16-26(5-2)18-11-12-18)23-13-8-15-27-17(3)25-19-9-6-7-10-20(19)27;/h6-7,9-10,18H,4-5,8,11-16H2,1-3H3,(H2,22,23,24);1H. The monoisotopic (exact) mass is 498 g/mol. The van der Waals surface area contributed by atoms with Crippen molar-refractivity contribution in [3.8, 4) is 0 Å². The lowest BCUT2D eigenvalue weighted by Crippen LogP contribution is -2.42. The van der Waals surface area contributed by atoms with Gasteiger partial charge in [-0.1, -0.05) is 19.1 Å². The summed E-state index contributed by atoms with van der Waals surface area (Å²) in [6.45, 7) is 12.2. The highest BCUT2D eigenvalue weighted by Gasteiger charge is 2.27. The van der Waals surface area contributed by atoms with Crippen LogP contribution in [0.15, 0.2) is 29.3 Å². The molecular weight excluding hydrogens is 463 g/mol. The van der Waals surface area contributed by atoms with Crippen molar-refractivity contribution in [3.05, 3.63) is 30.1 Å². The number of benzene rings is 1. The molecule has 0 spiro atoms. The summed E-state index contributed by atoms with van der Waals surface area (Å²) in [4.78, 5) is 11.9. The van der Waals surface area contributed by atoms with E-state index in [1.54, 1.807) is 0 Å². The van der Waals surface area contributed by atoms with Crippen LogP contribution in [-0.2, 0) is 6.54 Å². The fraction of sp³-hybridized carbons (Fsp3) is 0.619. The molecule has 28 heavy (non-hydrogen) atoms. The summed E-state index contributed by atoms with van der Waals surface area (Å²) in [5, 5.41) is 6.84.